The number of nitrogens with zero attached hydrogens (tertiary/aromatic N) is 2. The van der Waals surface area contributed by atoms with Crippen LogP contribution in [-0.2, 0) is 4.79 Å². The van der Waals surface area contributed by atoms with E-state index in [9.17, 15) is 9.59 Å². The van der Waals surface area contributed by atoms with Crippen LogP contribution in [0.4, 0.5) is 5.95 Å². The van der Waals surface area contributed by atoms with E-state index in [1.54, 1.807) is 11.8 Å². The van der Waals surface area contributed by atoms with Crippen LogP contribution >= 0.6 is 11.8 Å². The number of aromatic nitrogens is 2. The van der Waals surface area contributed by atoms with Gasteiger partial charge >= 0.3 is 0 Å². The molecule has 0 unspecified atom stereocenters. The summed E-state index contributed by atoms with van der Waals surface area (Å²) in [6.45, 7) is 5.13. The number of thioether (sulfide) groups is 1. The van der Waals surface area contributed by atoms with E-state index in [-0.39, 0.29) is 17.8 Å². The number of nitrogens with two attached hydrogens (primary N) is 1. The van der Waals surface area contributed by atoms with Crippen molar-refractivity contribution in [2.75, 3.05) is 24.6 Å². The summed E-state index contributed by atoms with van der Waals surface area (Å²) in [4.78, 5) is 33.3. The van der Waals surface area contributed by atoms with Crippen LogP contribution in [0.5, 0.6) is 0 Å². The summed E-state index contributed by atoms with van der Waals surface area (Å²) in [7, 11) is 0. The number of carbonyl (C=O) groups excluding carboxylic acids is 2. The molecule has 0 fully saturated rings. The Bertz CT molecular complexity index is 916. The number of nitrogen functional groups attached to an aromatic ring is 1. The van der Waals surface area contributed by atoms with E-state index in [1.807, 2.05) is 32.0 Å². The number of aryl methyl sites for hydroxylation is 2. The molecule has 0 spiro atoms. The van der Waals surface area contributed by atoms with Gasteiger partial charge in [-0.05, 0) is 62.1 Å². The van der Waals surface area contributed by atoms with Gasteiger partial charge in [0.25, 0.3) is 5.91 Å². The summed E-state index contributed by atoms with van der Waals surface area (Å²) in [5, 5.41) is 6.66. The maximum Gasteiger partial charge on any atom is 0.251 e. The zero-order valence-electron chi connectivity index (χ0n) is 16.9. The Morgan fingerprint density at radius 2 is 1.66 bits per heavy atom. The lowest BCUT2D eigenvalue weighted by molar-refractivity contribution is -0.121. The summed E-state index contributed by atoms with van der Waals surface area (Å²) in [6, 6.07) is 5.78. The minimum Gasteiger partial charge on any atom is -0.368 e. The molecule has 1 aromatic carbocycles. The van der Waals surface area contributed by atoms with Crippen LogP contribution in [0.15, 0.2) is 23.2 Å². The number of amides is 2. The second-order valence-electron chi connectivity index (χ2n) is 7.20. The van der Waals surface area contributed by atoms with Crippen LogP contribution in [0.2, 0.25) is 0 Å². The molecule has 0 saturated carbocycles. The second kappa shape index (κ2) is 9.73. The summed E-state index contributed by atoms with van der Waals surface area (Å²) < 4.78 is 0. The van der Waals surface area contributed by atoms with Gasteiger partial charge in [0.15, 0.2) is 0 Å². The van der Waals surface area contributed by atoms with Crippen molar-refractivity contribution in [1.82, 2.24) is 20.6 Å². The molecule has 3 rings (SSSR count). The molecule has 0 atom stereocenters. The Balaban J connectivity index is 1.95. The molecule has 2 amide bonds. The van der Waals surface area contributed by atoms with Gasteiger partial charge in [-0.25, -0.2) is 9.97 Å². The molecule has 4 N–H and O–H groups in total. The number of anilines is 1. The van der Waals surface area contributed by atoms with Gasteiger partial charge < -0.3 is 16.4 Å². The summed E-state index contributed by atoms with van der Waals surface area (Å²) >= 11 is 1.55. The highest BCUT2D eigenvalue weighted by Crippen LogP contribution is 2.29. The van der Waals surface area contributed by atoms with Gasteiger partial charge in [0.05, 0.1) is 5.69 Å². The fourth-order valence-electron chi connectivity index (χ4n) is 3.30. The fourth-order valence-corrected chi connectivity index (χ4v) is 4.15. The topological polar surface area (TPSA) is 110 Å². The van der Waals surface area contributed by atoms with Crippen molar-refractivity contribution in [2.24, 2.45) is 0 Å². The van der Waals surface area contributed by atoms with E-state index < -0.39 is 0 Å². The number of hydrogen-bond donors (Lipinski definition) is 3. The van der Waals surface area contributed by atoms with E-state index in [0.29, 0.717) is 30.8 Å². The Morgan fingerprint density at radius 3 is 2.45 bits per heavy atom. The molecule has 1 aliphatic heterocycles. The van der Waals surface area contributed by atoms with Gasteiger partial charge in [-0.15, -0.1) is 11.8 Å². The van der Waals surface area contributed by atoms with Crippen molar-refractivity contribution >= 4 is 29.5 Å². The van der Waals surface area contributed by atoms with E-state index >= 15 is 0 Å². The number of rotatable bonds is 0. The number of carbonyl (C=O) groups is 2. The first-order chi connectivity index (χ1) is 13.9. The van der Waals surface area contributed by atoms with Crippen molar-refractivity contribution in [2.45, 2.75) is 44.6 Å². The van der Waals surface area contributed by atoms with Crippen molar-refractivity contribution in [1.29, 1.82) is 0 Å². The predicted octanol–water partition coefficient (Wildman–Crippen LogP) is 2.85. The van der Waals surface area contributed by atoms with Gasteiger partial charge in [-0.2, -0.15) is 0 Å². The predicted molar refractivity (Wildman–Crippen MR) is 116 cm³/mol. The molecular weight excluding hydrogens is 386 g/mol. The molecular formula is C21H27N5O2S. The largest absolute Gasteiger partial charge is 0.368 e. The lowest BCUT2D eigenvalue weighted by atomic mass is 9.97. The number of hydrogen-bond acceptors (Lipinski definition) is 6. The molecule has 0 saturated heterocycles. The quantitative estimate of drug-likeness (QED) is 0.573. The first-order valence-corrected chi connectivity index (χ1v) is 10.9. The van der Waals surface area contributed by atoms with Crippen LogP contribution < -0.4 is 16.4 Å². The van der Waals surface area contributed by atoms with E-state index in [0.717, 1.165) is 46.7 Å². The fraction of sp³-hybridized carbons (Fsp3) is 0.429. The SMILES string of the molecule is Cc1cc(C)c2cc1C(=O)NCCCCNC(=O)CCCSc1cc-2nc(N)n1. The van der Waals surface area contributed by atoms with Gasteiger partial charge in [0, 0.05) is 30.6 Å². The third-order valence-electron chi connectivity index (χ3n) is 4.82. The molecule has 154 valence electrons. The Morgan fingerprint density at radius 1 is 0.931 bits per heavy atom. The van der Waals surface area contributed by atoms with Gasteiger partial charge in [0.2, 0.25) is 11.9 Å². The third kappa shape index (κ3) is 5.69. The average molecular weight is 414 g/mol. The van der Waals surface area contributed by atoms with Crippen LogP contribution in [0, 0.1) is 13.8 Å². The summed E-state index contributed by atoms with van der Waals surface area (Å²) in [5.74, 6) is 0.914. The molecule has 8 heteroatoms. The Hall–Kier alpha value is -2.61. The molecule has 29 heavy (non-hydrogen) atoms. The van der Waals surface area contributed by atoms with Crippen LogP contribution in [0.1, 0.15) is 47.2 Å². The molecule has 1 aromatic heterocycles. The van der Waals surface area contributed by atoms with Gasteiger partial charge in [-0.1, -0.05) is 6.07 Å². The molecule has 2 aromatic rings. The number of fused-ring (bicyclic) bond motifs is 5. The molecule has 1 aliphatic rings. The minimum absolute atomic E-state index is 0.0554. The summed E-state index contributed by atoms with van der Waals surface area (Å²) in [6.07, 6.45) is 2.89. The van der Waals surface area contributed by atoms with E-state index in [2.05, 4.69) is 20.6 Å². The van der Waals surface area contributed by atoms with Crippen molar-refractivity contribution in [3.8, 4) is 11.3 Å². The Labute approximate surface area is 175 Å². The lowest BCUT2D eigenvalue weighted by Crippen LogP contribution is -2.27. The molecule has 0 aliphatic carbocycles. The average Bonchev–Trinajstić information content (AvgIpc) is 2.66. The Kier molecular flexibility index (Phi) is 7.09. The minimum atomic E-state index is -0.106. The van der Waals surface area contributed by atoms with Crippen LogP contribution in [0.25, 0.3) is 11.3 Å². The summed E-state index contributed by atoms with van der Waals surface area (Å²) in [5.41, 5.74) is 10.1. The maximum absolute atomic E-state index is 12.7. The first-order valence-electron chi connectivity index (χ1n) is 9.88. The monoisotopic (exact) mass is 413 g/mol. The highest BCUT2D eigenvalue weighted by atomic mass is 32.2. The van der Waals surface area contributed by atoms with Crippen molar-refractivity contribution in [3.63, 3.8) is 0 Å². The highest BCUT2D eigenvalue weighted by Gasteiger charge is 2.15. The lowest BCUT2D eigenvalue weighted by Gasteiger charge is -2.14. The smallest absolute Gasteiger partial charge is 0.251 e. The second-order valence-corrected chi connectivity index (χ2v) is 8.31. The molecule has 4 bridgehead atoms. The normalized spacial score (nSPS) is 16.3. The third-order valence-corrected chi connectivity index (χ3v) is 5.82. The van der Waals surface area contributed by atoms with E-state index in [4.69, 9.17) is 5.73 Å². The van der Waals surface area contributed by atoms with Crippen LogP contribution in [0.3, 0.4) is 0 Å². The first kappa shape index (κ1) is 21.1. The van der Waals surface area contributed by atoms with Gasteiger partial charge in [-0.3, -0.25) is 9.59 Å². The standard InChI is InChI=1S/C21H27N5O2S/c1-13-10-14(2)16-11-15(13)17-12-19(26-21(22)25-17)29-9-5-6-18(27)23-7-3-4-8-24-20(16)28/h10-12H,3-9H2,1-2H3,(H,23,27)(H,24,28)(H2,22,25,26). The zero-order chi connectivity index (χ0) is 20.8. The number of nitrogens with one attached hydrogen (secondary N) is 2. The van der Waals surface area contributed by atoms with Crippen LogP contribution in [-0.4, -0.2) is 40.6 Å². The van der Waals surface area contributed by atoms with Crippen molar-refractivity contribution < 1.29 is 9.59 Å². The maximum atomic E-state index is 12.7. The van der Waals surface area contributed by atoms with Crippen molar-refractivity contribution in [3.05, 3.63) is 34.9 Å². The molecule has 7 nitrogen and oxygen atoms in total. The number of benzene rings is 1. The van der Waals surface area contributed by atoms with E-state index in [1.165, 1.54) is 0 Å². The van der Waals surface area contributed by atoms with Gasteiger partial charge in [0.1, 0.15) is 5.03 Å². The zero-order valence-corrected chi connectivity index (χ0v) is 17.7. The molecule has 2 heterocycles. The highest BCUT2D eigenvalue weighted by molar-refractivity contribution is 7.99. The molecule has 0 radical (unpaired) electrons.